The fraction of sp³-hybridized carbons (Fsp3) is 0.333. The van der Waals surface area contributed by atoms with Crippen molar-refractivity contribution in [3.05, 3.63) is 101 Å². The molecule has 0 spiro atoms. The minimum atomic E-state index is -1.60. The summed E-state index contributed by atoms with van der Waals surface area (Å²) in [7, 11) is 0. The lowest BCUT2D eigenvalue weighted by Gasteiger charge is -2.30. The first-order chi connectivity index (χ1) is 20.6. The number of aryl methyl sites for hydroxylation is 1. The molecular weight excluding hydrogens is 566 g/mol. The van der Waals surface area contributed by atoms with Gasteiger partial charge in [-0.25, -0.2) is 0 Å². The Labute approximate surface area is 256 Å². The van der Waals surface area contributed by atoms with Gasteiger partial charge < -0.3 is 25.4 Å². The Morgan fingerprint density at radius 2 is 1.67 bits per heavy atom. The molecule has 3 aromatic carbocycles. The molecule has 0 saturated carbocycles. The second-order valence-corrected chi connectivity index (χ2v) is 12.0. The summed E-state index contributed by atoms with van der Waals surface area (Å²) >= 11 is 1.46. The summed E-state index contributed by atoms with van der Waals surface area (Å²) in [6.07, 6.45) is -1.40. The van der Waals surface area contributed by atoms with Crippen LogP contribution in [-0.4, -0.2) is 69.4 Å². The highest BCUT2D eigenvalue weighted by atomic mass is 32.2. The third-order valence-electron chi connectivity index (χ3n) is 7.33. The Kier molecular flexibility index (Phi) is 11.0. The number of ketones is 1. The summed E-state index contributed by atoms with van der Waals surface area (Å²) in [5.74, 6) is -0.842. The van der Waals surface area contributed by atoms with Crippen molar-refractivity contribution in [2.24, 2.45) is 0 Å². The molecule has 10 heteroatoms. The Morgan fingerprint density at radius 1 is 1.00 bits per heavy atom. The molecule has 1 saturated heterocycles. The normalized spacial score (nSPS) is 17.5. The molecule has 3 aromatic rings. The zero-order valence-corrected chi connectivity index (χ0v) is 25.3. The number of nitrogens with zero attached hydrogens (tertiary/aromatic N) is 1. The van der Waals surface area contributed by atoms with E-state index in [2.05, 4.69) is 10.6 Å². The van der Waals surface area contributed by atoms with Gasteiger partial charge >= 0.3 is 0 Å². The van der Waals surface area contributed by atoms with Crippen molar-refractivity contribution in [1.29, 1.82) is 0 Å². The van der Waals surface area contributed by atoms with Gasteiger partial charge in [-0.05, 0) is 61.2 Å². The van der Waals surface area contributed by atoms with Crippen LogP contribution in [0.25, 0.3) is 0 Å². The Morgan fingerprint density at radius 3 is 2.35 bits per heavy atom. The van der Waals surface area contributed by atoms with Crippen molar-refractivity contribution in [2.75, 3.05) is 12.5 Å². The number of Topliss-reactive ketones (excluding diaryl/α,β-unsaturated/α-hetero) is 1. The molecule has 1 heterocycles. The third kappa shape index (κ3) is 8.46. The topological polar surface area (TPSA) is 125 Å². The highest BCUT2D eigenvalue weighted by molar-refractivity contribution is 8.00. The molecule has 0 bridgehead atoms. The number of carbonyl (C=O) groups is 4. The molecule has 9 nitrogen and oxygen atoms in total. The number of rotatable bonds is 12. The SMILES string of the molecule is CC(=O)COc1ccc(C(=O)N[C@@H](Cc2ccccc2)[C@H](O)C(=O)N2CSC(C)[C@H]2C(=O)NCc2ccccc2C)cc1. The lowest BCUT2D eigenvalue weighted by Crippen LogP contribution is -2.57. The number of aliphatic hydroxyl groups is 1. The van der Waals surface area contributed by atoms with Crippen LogP contribution in [0.4, 0.5) is 0 Å². The number of nitrogens with one attached hydrogen (secondary N) is 2. The highest BCUT2D eigenvalue weighted by Crippen LogP contribution is 2.30. The quantitative estimate of drug-likeness (QED) is 0.290. The summed E-state index contributed by atoms with van der Waals surface area (Å²) in [5, 5.41) is 17.0. The number of hydrogen-bond acceptors (Lipinski definition) is 7. The molecule has 1 aliphatic rings. The molecule has 4 rings (SSSR count). The number of carbonyl (C=O) groups excluding carboxylic acids is 4. The second kappa shape index (κ2) is 14.8. The fourth-order valence-corrected chi connectivity index (χ4v) is 6.00. The van der Waals surface area contributed by atoms with Crippen LogP contribution in [0.1, 0.15) is 40.9 Å². The molecule has 4 atom stereocenters. The number of amides is 3. The Bertz CT molecular complexity index is 1430. The van der Waals surface area contributed by atoms with Gasteiger partial charge in [-0.2, -0.15) is 0 Å². The van der Waals surface area contributed by atoms with E-state index in [0.717, 1.165) is 16.7 Å². The van der Waals surface area contributed by atoms with E-state index in [4.69, 9.17) is 4.74 Å². The van der Waals surface area contributed by atoms with E-state index in [-0.39, 0.29) is 35.8 Å². The van der Waals surface area contributed by atoms with Crippen molar-refractivity contribution in [3.63, 3.8) is 0 Å². The summed E-state index contributed by atoms with van der Waals surface area (Å²) in [4.78, 5) is 52.9. The first kappa shape index (κ1) is 31.8. The maximum Gasteiger partial charge on any atom is 0.254 e. The van der Waals surface area contributed by atoms with Crippen LogP contribution < -0.4 is 15.4 Å². The van der Waals surface area contributed by atoms with E-state index in [1.54, 1.807) is 24.3 Å². The lowest BCUT2D eigenvalue weighted by molar-refractivity contribution is -0.146. The Balaban J connectivity index is 1.48. The number of aliphatic hydroxyl groups excluding tert-OH is 1. The summed E-state index contributed by atoms with van der Waals surface area (Å²) in [6, 6.07) is 21.5. The van der Waals surface area contributed by atoms with Gasteiger partial charge in [0.1, 0.15) is 18.4 Å². The predicted octanol–water partition coefficient (Wildman–Crippen LogP) is 3.27. The maximum absolute atomic E-state index is 13.7. The predicted molar refractivity (Wildman–Crippen MR) is 166 cm³/mol. The van der Waals surface area contributed by atoms with Crippen molar-refractivity contribution < 1.29 is 29.0 Å². The van der Waals surface area contributed by atoms with Gasteiger partial charge in [-0.3, -0.25) is 19.2 Å². The largest absolute Gasteiger partial charge is 0.486 e. The molecule has 1 aliphatic heterocycles. The molecule has 0 aliphatic carbocycles. The van der Waals surface area contributed by atoms with E-state index >= 15 is 0 Å². The zero-order valence-electron chi connectivity index (χ0n) is 24.5. The molecule has 1 fully saturated rings. The van der Waals surface area contributed by atoms with Crippen LogP contribution in [-0.2, 0) is 27.3 Å². The fourth-order valence-electron chi connectivity index (χ4n) is 4.86. The van der Waals surface area contributed by atoms with Crippen molar-refractivity contribution >= 4 is 35.3 Å². The maximum atomic E-state index is 13.7. The van der Waals surface area contributed by atoms with Gasteiger partial charge in [-0.15, -0.1) is 11.8 Å². The molecule has 0 aromatic heterocycles. The van der Waals surface area contributed by atoms with E-state index in [0.29, 0.717) is 17.9 Å². The summed E-state index contributed by atoms with van der Waals surface area (Å²) < 4.78 is 5.37. The Hall–Kier alpha value is -4.15. The molecule has 3 amide bonds. The van der Waals surface area contributed by atoms with Gasteiger partial charge in [0.25, 0.3) is 11.8 Å². The smallest absolute Gasteiger partial charge is 0.254 e. The van der Waals surface area contributed by atoms with Gasteiger partial charge in [0.2, 0.25) is 5.91 Å². The van der Waals surface area contributed by atoms with E-state index < -0.39 is 30.0 Å². The molecule has 1 unspecified atom stereocenters. The van der Waals surface area contributed by atoms with E-state index in [9.17, 15) is 24.3 Å². The molecule has 43 heavy (non-hydrogen) atoms. The van der Waals surface area contributed by atoms with Crippen molar-refractivity contribution in [3.8, 4) is 5.75 Å². The number of thioether (sulfide) groups is 1. The first-order valence-electron chi connectivity index (χ1n) is 14.1. The standard InChI is InChI=1S/C33H37N3O6S/c1-21-9-7-8-12-26(21)18-34-32(40)29-23(3)43-20-36(29)33(41)30(38)28(17-24-10-5-4-6-11-24)35-31(39)25-13-15-27(16-14-25)42-19-22(2)37/h4-16,23,28-30,38H,17-20H2,1-3H3,(H,34,40)(H,35,39)/t23?,28-,29-,30-/m0/s1. The van der Waals surface area contributed by atoms with Gasteiger partial charge in [0, 0.05) is 17.4 Å². The van der Waals surface area contributed by atoms with Gasteiger partial charge in [0.15, 0.2) is 11.9 Å². The summed E-state index contributed by atoms with van der Waals surface area (Å²) in [6.45, 7) is 5.53. The first-order valence-corrected chi connectivity index (χ1v) is 15.2. The number of hydrogen-bond donors (Lipinski definition) is 3. The minimum absolute atomic E-state index is 0.0721. The van der Waals surface area contributed by atoms with Crippen LogP contribution >= 0.6 is 11.8 Å². The molecular formula is C33H37N3O6S. The number of ether oxygens (including phenoxy) is 1. The second-order valence-electron chi connectivity index (χ2n) is 10.6. The monoisotopic (exact) mass is 603 g/mol. The third-order valence-corrected chi connectivity index (χ3v) is 8.54. The van der Waals surface area contributed by atoms with Crippen LogP contribution in [0.5, 0.6) is 5.75 Å². The average molecular weight is 604 g/mol. The average Bonchev–Trinajstić information content (AvgIpc) is 3.40. The highest BCUT2D eigenvalue weighted by Gasteiger charge is 2.43. The molecule has 3 N–H and O–H groups in total. The zero-order chi connectivity index (χ0) is 30.9. The number of benzene rings is 3. The van der Waals surface area contributed by atoms with E-state index in [1.807, 2.05) is 68.4 Å². The van der Waals surface area contributed by atoms with Crippen molar-refractivity contribution in [2.45, 2.75) is 57.2 Å². The van der Waals surface area contributed by atoms with Crippen LogP contribution in [0.15, 0.2) is 78.9 Å². The van der Waals surface area contributed by atoms with Crippen LogP contribution in [0.3, 0.4) is 0 Å². The van der Waals surface area contributed by atoms with Gasteiger partial charge in [0.05, 0.1) is 11.9 Å². The van der Waals surface area contributed by atoms with Crippen LogP contribution in [0.2, 0.25) is 0 Å². The minimum Gasteiger partial charge on any atom is -0.486 e. The molecule has 0 radical (unpaired) electrons. The lowest BCUT2D eigenvalue weighted by atomic mass is 9.99. The van der Waals surface area contributed by atoms with Crippen LogP contribution in [0, 0.1) is 6.92 Å². The molecule has 226 valence electrons. The summed E-state index contributed by atoms with van der Waals surface area (Å²) in [5.41, 5.74) is 3.16. The van der Waals surface area contributed by atoms with E-state index in [1.165, 1.54) is 23.6 Å². The van der Waals surface area contributed by atoms with Gasteiger partial charge in [-0.1, -0.05) is 61.5 Å². The van der Waals surface area contributed by atoms with Crippen molar-refractivity contribution in [1.82, 2.24) is 15.5 Å².